The molecule has 1 atom stereocenters. The van der Waals surface area contributed by atoms with E-state index in [1.807, 2.05) is 12.1 Å². The van der Waals surface area contributed by atoms with Crippen LogP contribution in [0.25, 0.3) is 0 Å². The first-order chi connectivity index (χ1) is 8.76. The van der Waals surface area contributed by atoms with Crippen LogP contribution in [-0.2, 0) is 15.9 Å². The Morgan fingerprint density at radius 2 is 2.50 bits per heavy atom. The Balaban J connectivity index is 2.18. The third-order valence-corrected chi connectivity index (χ3v) is 2.92. The SMILES string of the molecule is CNC(=O)OCC1OCCc2c(C#N)cccc21. The summed E-state index contributed by atoms with van der Waals surface area (Å²) in [6.07, 6.45) is -0.0586. The molecule has 5 nitrogen and oxygen atoms in total. The molecule has 0 saturated heterocycles. The second kappa shape index (κ2) is 5.52. The van der Waals surface area contributed by atoms with E-state index in [0.717, 1.165) is 17.5 Å². The van der Waals surface area contributed by atoms with Gasteiger partial charge in [-0.1, -0.05) is 12.1 Å². The fourth-order valence-electron chi connectivity index (χ4n) is 2.04. The fraction of sp³-hybridized carbons (Fsp3) is 0.385. The van der Waals surface area contributed by atoms with Crippen molar-refractivity contribution >= 4 is 6.09 Å². The molecule has 0 spiro atoms. The van der Waals surface area contributed by atoms with E-state index in [9.17, 15) is 4.79 Å². The predicted octanol–water partition coefficient (Wildman–Crippen LogP) is 1.53. The summed E-state index contributed by atoms with van der Waals surface area (Å²) in [5, 5.41) is 11.4. The Hall–Kier alpha value is -2.06. The third-order valence-electron chi connectivity index (χ3n) is 2.92. The molecule has 1 aliphatic heterocycles. The highest BCUT2D eigenvalue weighted by atomic mass is 16.6. The van der Waals surface area contributed by atoms with E-state index in [0.29, 0.717) is 12.2 Å². The Kier molecular flexibility index (Phi) is 3.80. The number of nitriles is 1. The highest BCUT2D eigenvalue weighted by molar-refractivity contribution is 5.66. The lowest BCUT2D eigenvalue weighted by Crippen LogP contribution is -2.26. The zero-order chi connectivity index (χ0) is 13.0. The van der Waals surface area contributed by atoms with Crippen molar-refractivity contribution in [1.29, 1.82) is 5.26 Å². The molecule has 0 aromatic heterocycles. The first-order valence-corrected chi connectivity index (χ1v) is 5.74. The van der Waals surface area contributed by atoms with Gasteiger partial charge in [-0.25, -0.2) is 4.79 Å². The second-order valence-corrected chi connectivity index (χ2v) is 3.94. The molecule has 94 valence electrons. The van der Waals surface area contributed by atoms with E-state index in [1.54, 1.807) is 6.07 Å². The van der Waals surface area contributed by atoms with Gasteiger partial charge in [-0.05, 0) is 23.6 Å². The Morgan fingerprint density at radius 1 is 1.67 bits per heavy atom. The third kappa shape index (κ3) is 2.44. The van der Waals surface area contributed by atoms with Gasteiger partial charge >= 0.3 is 6.09 Å². The van der Waals surface area contributed by atoms with Crippen LogP contribution < -0.4 is 5.32 Å². The summed E-state index contributed by atoms with van der Waals surface area (Å²) in [6.45, 7) is 0.690. The number of carbonyl (C=O) groups is 1. The summed E-state index contributed by atoms with van der Waals surface area (Å²) in [5.74, 6) is 0. The molecule has 0 fully saturated rings. The number of hydrogen-bond acceptors (Lipinski definition) is 4. The van der Waals surface area contributed by atoms with Gasteiger partial charge in [0.2, 0.25) is 0 Å². The molecule has 1 aromatic rings. The predicted molar refractivity (Wildman–Crippen MR) is 64.0 cm³/mol. The van der Waals surface area contributed by atoms with E-state index in [1.165, 1.54) is 7.05 Å². The number of amides is 1. The van der Waals surface area contributed by atoms with Gasteiger partial charge in [0, 0.05) is 7.05 Å². The highest BCUT2D eigenvalue weighted by Gasteiger charge is 2.23. The fourth-order valence-corrected chi connectivity index (χ4v) is 2.04. The largest absolute Gasteiger partial charge is 0.446 e. The number of ether oxygens (including phenoxy) is 2. The van der Waals surface area contributed by atoms with E-state index in [4.69, 9.17) is 14.7 Å². The van der Waals surface area contributed by atoms with Gasteiger partial charge in [0.25, 0.3) is 0 Å². The van der Waals surface area contributed by atoms with Crippen molar-refractivity contribution in [3.63, 3.8) is 0 Å². The molecular formula is C13H14N2O3. The topological polar surface area (TPSA) is 71.3 Å². The molecular weight excluding hydrogens is 232 g/mol. The van der Waals surface area contributed by atoms with Crippen LogP contribution in [0, 0.1) is 11.3 Å². The smallest absolute Gasteiger partial charge is 0.406 e. The maximum Gasteiger partial charge on any atom is 0.406 e. The number of rotatable bonds is 2. The van der Waals surface area contributed by atoms with Gasteiger partial charge < -0.3 is 14.8 Å². The lowest BCUT2D eigenvalue weighted by molar-refractivity contribution is -0.00363. The maximum atomic E-state index is 11.0. The van der Waals surface area contributed by atoms with Crippen molar-refractivity contribution in [2.75, 3.05) is 20.3 Å². The van der Waals surface area contributed by atoms with Crippen LogP contribution in [0.4, 0.5) is 4.79 Å². The number of benzene rings is 1. The second-order valence-electron chi connectivity index (χ2n) is 3.94. The van der Waals surface area contributed by atoms with Crippen molar-refractivity contribution in [1.82, 2.24) is 5.32 Å². The van der Waals surface area contributed by atoms with Crippen LogP contribution in [0.5, 0.6) is 0 Å². The van der Waals surface area contributed by atoms with Crippen molar-refractivity contribution in [3.05, 3.63) is 34.9 Å². The van der Waals surface area contributed by atoms with E-state index < -0.39 is 6.09 Å². The molecule has 1 aliphatic rings. The van der Waals surface area contributed by atoms with Crippen LogP contribution >= 0.6 is 0 Å². The number of alkyl carbamates (subject to hydrolysis) is 1. The summed E-state index contributed by atoms with van der Waals surface area (Å²) in [7, 11) is 1.51. The minimum absolute atomic E-state index is 0.154. The van der Waals surface area contributed by atoms with Gasteiger partial charge in [-0.15, -0.1) is 0 Å². The summed E-state index contributed by atoms with van der Waals surface area (Å²) >= 11 is 0. The number of hydrogen-bond donors (Lipinski definition) is 1. The highest BCUT2D eigenvalue weighted by Crippen LogP contribution is 2.29. The summed E-state index contributed by atoms with van der Waals surface area (Å²) in [5.41, 5.74) is 2.60. The van der Waals surface area contributed by atoms with Gasteiger partial charge in [0.15, 0.2) is 0 Å². The molecule has 18 heavy (non-hydrogen) atoms. The monoisotopic (exact) mass is 246 g/mol. The lowest BCUT2D eigenvalue weighted by Gasteiger charge is -2.26. The summed E-state index contributed by atoms with van der Waals surface area (Å²) in [6, 6.07) is 7.70. The number of nitrogens with one attached hydrogen (secondary N) is 1. The number of fused-ring (bicyclic) bond motifs is 1. The van der Waals surface area contributed by atoms with Gasteiger partial charge in [-0.3, -0.25) is 0 Å². The summed E-state index contributed by atoms with van der Waals surface area (Å²) in [4.78, 5) is 11.0. The number of nitrogens with zero attached hydrogens (tertiary/aromatic N) is 1. The van der Waals surface area contributed by atoms with Crippen molar-refractivity contribution in [2.45, 2.75) is 12.5 Å². The van der Waals surface area contributed by atoms with Crippen LogP contribution in [-0.4, -0.2) is 26.4 Å². The van der Waals surface area contributed by atoms with Crippen LogP contribution in [0.1, 0.15) is 22.8 Å². The molecule has 1 unspecified atom stereocenters. The minimum atomic E-state index is -0.484. The molecule has 1 aromatic carbocycles. The molecule has 1 amide bonds. The van der Waals surface area contributed by atoms with E-state index in [-0.39, 0.29) is 12.7 Å². The van der Waals surface area contributed by atoms with Crippen LogP contribution in [0.15, 0.2) is 18.2 Å². The Bertz CT molecular complexity index is 493. The van der Waals surface area contributed by atoms with Crippen molar-refractivity contribution < 1.29 is 14.3 Å². The number of carbonyl (C=O) groups excluding carboxylic acids is 1. The average Bonchev–Trinajstić information content (AvgIpc) is 2.43. The zero-order valence-corrected chi connectivity index (χ0v) is 10.1. The standard InChI is InChI=1S/C13H14N2O3/c1-15-13(16)18-8-12-11-4-2-3-9(7-14)10(11)5-6-17-12/h2-4,12H,5-6,8H2,1H3,(H,15,16). The minimum Gasteiger partial charge on any atom is -0.446 e. The lowest BCUT2D eigenvalue weighted by atomic mass is 9.94. The van der Waals surface area contributed by atoms with Gasteiger partial charge in [0.05, 0.1) is 18.2 Å². The van der Waals surface area contributed by atoms with Crippen molar-refractivity contribution in [3.8, 4) is 6.07 Å². The Morgan fingerprint density at radius 3 is 3.22 bits per heavy atom. The van der Waals surface area contributed by atoms with Crippen molar-refractivity contribution in [2.24, 2.45) is 0 Å². The zero-order valence-electron chi connectivity index (χ0n) is 10.1. The van der Waals surface area contributed by atoms with E-state index >= 15 is 0 Å². The molecule has 1 N–H and O–H groups in total. The molecule has 0 saturated carbocycles. The quantitative estimate of drug-likeness (QED) is 0.859. The molecule has 0 bridgehead atoms. The molecule has 0 aliphatic carbocycles. The molecule has 1 heterocycles. The Labute approximate surface area is 105 Å². The normalized spacial score (nSPS) is 17.4. The molecule has 0 radical (unpaired) electrons. The first-order valence-electron chi connectivity index (χ1n) is 5.74. The first kappa shape index (κ1) is 12.4. The van der Waals surface area contributed by atoms with Crippen LogP contribution in [0.2, 0.25) is 0 Å². The van der Waals surface area contributed by atoms with Crippen LogP contribution in [0.3, 0.4) is 0 Å². The van der Waals surface area contributed by atoms with Gasteiger partial charge in [-0.2, -0.15) is 5.26 Å². The average molecular weight is 246 g/mol. The maximum absolute atomic E-state index is 11.0. The van der Waals surface area contributed by atoms with Gasteiger partial charge in [0.1, 0.15) is 12.7 Å². The van der Waals surface area contributed by atoms with E-state index in [2.05, 4.69) is 11.4 Å². The summed E-state index contributed by atoms with van der Waals surface area (Å²) < 4.78 is 10.6. The molecule has 2 rings (SSSR count). The molecule has 5 heteroatoms.